The molecular formula is C38H29Cl2F3N6O4S. The Bertz CT molecular complexity index is 2120. The molecule has 6 rings (SSSR count). The van der Waals surface area contributed by atoms with Crippen LogP contribution in [-0.2, 0) is 4.79 Å². The Morgan fingerprint density at radius 3 is 1.61 bits per heavy atom. The number of amides is 5. The van der Waals surface area contributed by atoms with Crippen molar-refractivity contribution in [2.45, 2.75) is 41.6 Å². The molecule has 1 aliphatic heterocycles. The van der Waals surface area contributed by atoms with Gasteiger partial charge in [0.15, 0.2) is 0 Å². The molecule has 3 heterocycles. The molecule has 0 bridgehead atoms. The van der Waals surface area contributed by atoms with E-state index in [4.69, 9.17) is 23.2 Å². The van der Waals surface area contributed by atoms with Gasteiger partial charge in [0.1, 0.15) is 5.54 Å². The number of benzene rings is 3. The first-order valence-corrected chi connectivity index (χ1v) is 17.8. The Balaban J connectivity index is 1.43. The van der Waals surface area contributed by atoms with Crippen molar-refractivity contribution in [2.24, 2.45) is 0 Å². The highest BCUT2D eigenvalue weighted by molar-refractivity contribution is 8.00. The molecule has 54 heavy (non-hydrogen) atoms. The third kappa shape index (κ3) is 7.91. The fourth-order valence-corrected chi connectivity index (χ4v) is 7.20. The smallest absolute Gasteiger partial charge is 0.322 e. The molecule has 1 aliphatic rings. The predicted molar refractivity (Wildman–Crippen MR) is 201 cm³/mol. The van der Waals surface area contributed by atoms with Crippen molar-refractivity contribution in [1.29, 1.82) is 0 Å². The Hall–Kier alpha value is -5.44. The SMILES string of the molecule is CC(c1ccncc1NC(=O)c1ccc(Cl)cc1)C1(C(C)c2ccncc2NC(=O)c2ccc(Cl)cc2)NC(=O)N(c2ccc(SC(F)(F)F)cc2)C1=O. The zero-order chi connectivity index (χ0) is 38.8. The van der Waals surface area contributed by atoms with E-state index in [1.54, 1.807) is 74.5 Å². The minimum atomic E-state index is -4.54. The van der Waals surface area contributed by atoms with Crippen LogP contribution in [0.2, 0.25) is 10.0 Å². The number of anilines is 3. The number of rotatable bonds is 10. The lowest BCUT2D eigenvalue weighted by Gasteiger charge is -2.39. The number of hydrogen-bond acceptors (Lipinski definition) is 7. The Kier molecular flexibility index (Phi) is 11.0. The number of carbonyl (C=O) groups excluding carboxylic acids is 4. The van der Waals surface area contributed by atoms with Crippen LogP contribution in [-0.4, -0.2) is 44.8 Å². The lowest BCUT2D eigenvalue weighted by atomic mass is 9.69. The summed E-state index contributed by atoms with van der Waals surface area (Å²) in [5.74, 6) is -3.54. The number of nitrogens with one attached hydrogen (secondary N) is 3. The molecule has 1 fully saturated rings. The number of thioether (sulfide) groups is 1. The Morgan fingerprint density at radius 2 is 1.19 bits per heavy atom. The highest BCUT2D eigenvalue weighted by atomic mass is 35.5. The molecule has 5 amide bonds. The van der Waals surface area contributed by atoms with E-state index < -0.39 is 46.6 Å². The largest absolute Gasteiger partial charge is 0.446 e. The van der Waals surface area contributed by atoms with Gasteiger partial charge in [-0.1, -0.05) is 37.0 Å². The second kappa shape index (κ2) is 15.5. The zero-order valence-corrected chi connectivity index (χ0v) is 30.6. The van der Waals surface area contributed by atoms with Gasteiger partial charge < -0.3 is 16.0 Å². The number of imide groups is 1. The second-order valence-corrected chi connectivity index (χ2v) is 14.3. The molecule has 16 heteroatoms. The van der Waals surface area contributed by atoms with E-state index in [9.17, 15) is 32.3 Å². The monoisotopic (exact) mass is 792 g/mol. The van der Waals surface area contributed by atoms with E-state index in [-0.39, 0.29) is 33.7 Å². The molecule has 0 saturated carbocycles. The first kappa shape index (κ1) is 38.3. The quantitative estimate of drug-likeness (QED) is 0.0949. The number of carbonyl (C=O) groups is 4. The lowest BCUT2D eigenvalue weighted by molar-refractivity contribution is -0.123. The minimum absolute atomic E-state index is 0.0299. The summed E-state index contributed by atoms with van der Waals surface area (Å²) in [5.41, 5.74) is -4.40. The standard InChI is InChI=1S/C38H29Cl2F3N6O4S/c1-21(29-15-17-44-19-31(29)46-33(50)23-3-7-25(39)8-4-23)37(35(52)49(36(53)48-37)27-11-13-28(14-12-27)54-38(41,42)43)22(2)30-16-18-45-20-32(30)47-34(51)24-5-9-26(40)10-6-24/h3-22H,1-2H3,(H,46,50)(H,47,51)(H,48,53). The summed E-state index contributed by atoms with van der Waals surface area (Å²) in [6.07, 6.45) is 5.78. The molecule has 0 radical (unpaired) electrons. The van der Waals surface area contributed by atoms with Crippen LogP contribution in [0.5, 0.6) is 0 Å². The first-order chi connectivity index (χ1) is 25.7. The van der Waals surface area contributed by atoms with Crippen molar-refractivity contribution in [2.75, 3.05) is 15.5 Å². The predicted octanol–water partition coefficient (Wildman–Crippen LogP) is 9.30. The van der Waals surface area contributed by atoms with Crippen molar-refractivity contribution >= 4 is 75.8 Å². The summed E-state index contributed by atoms with van der Waals surface area (Å²) in [5, 5.41) is 9.48. The third-order valence-electron chi connectivity index (χ3n) is 9.12. The van der Waals surface area contributed by atoms with Crippen LogP contribution in [0.3, 0.4) is 0 Å². The number of halogens is 5. The molecule has 3 aromatic carbocycles. The van der Waals surface area contributed by atoms with Gasteiger partial charge in [-0.2, -0.15) is 13.2 Å². The lowest BCUT2D eigenvalue weighted by Crippen LogP contribution is -2.55. The van der Waals surface area contributed by atoms with Crippen LogP contribution >= 0.6 is 35.0 Å². The molecule has 0 spiro atoms. The number of urea groups is 1. The van der Waals surface area contributed by atoms with Crippen LogP contribution < -0.4 is 20.9 Å². The zero-order valence-electron chi connectivity index (χ0n) is 28.3. The molecular weight excluding hydrogens is 764 g/mol. The highest BCUT2D eigenvalue weighted by Crippen LogP contribution is 2.48. The maximum absolute atomic E-state index is 15.0. The molecule has 5 aromatic rings. The summed E-state index contributed by atoms with van der Waals surface area (Å²) < 4.78 is 39.2. The summed E-state index contributed by atoms with van der Waals surface area (Å²) in [6.45, 7) is 3.39. The van der Waals surface area contributed by atoms with Gasteiger partial charge >= 0.3 is 11.5 Å². The van der Waals surface area contributed by atoms with Crippen molar-refractivity contribution in [1.82, 2.24) is 15.3 Å². The van der Waals surface area contributed by atoms with E-state index in [2.05, 4.69) is 25.9 Å². The van der Waals surface area contributed by atoms with E-state index in [1.165, 1.54) is 49.1 Å². The molecule has 276 valence electrons. The highest BCUT2D eigenvalue weighted by Gasteiger charge is 2.59. The van der Waals surface area contributed by atoms with Gasteiger partial charge in [-0.15, -0.1) is 0 Å². The van der Waals surface area contributed by atoms with Gasteiger partial charge in [-0.3, -0.25) is 24.4 Å². The topological polar surface area (TPSA) is 133 Å². The van der Waals surface area contributed by atoms with Gasteiger partial charge in [0.05, 0.1) is 29.5 Å². The van der Waals surface area contributed by atoms with Crippen molar-refractivity contribution in [3.63, 3.8) is 0 Å². The average molecular weight is 794 g/mol. The average Bonchev–Trinajstić information content (AvgIpc) is 3.41. The molecule has 0 aliphatic carbocycles. The number of alkyl halides is 3. The van der Waals surface area contributed by atoms with Gasteiger partial charge in [0.2, 0.25) is 0 Å². The normalized spacial score (nSPS) is 16.8. The first-order valence-electron chi connectivity index (χ1n) is 16.2. The molecule has 2 unspecified atom stereocenters. The van der Waals surface area contributed by atoms with Crippen LogP contribution in [0, 0.1) is 0 Å². The van der Waals surface area contributed by atoms with Crippen LogP contribution in [0.25, 0.3) is 0 Å². The summed E-state index contributed by atoms with van der Waals surface area (Å²) in [7, 11) is 0. The third-order valence-corrected chi connectivity index (χ3v) is 10.4. The number of nitrogens with zero attached hydrogens (tertiary/aromatic N) is 3. The second-order valence-electron chi connectivity index (χ2n) is 12.3. The van der Waals surface area contributed by atoms with Gasteiger partial charge in [-0.05, 0) is 108 Å². The number of pyridine rings is 2. The molecule has 10 nitrogen and oxygen atoms in total. The van der Waals surface area contributed by atoms with Crippen molar-refractivity contribution in [3.8, 4) is 0 Å². The maximum Gasteiger partial charge on any atom is 0.446 e. The Labute approximate surface area is 321 Å². The summed E-state index contributed by atoms with van der Waals surface area (Å²) >= 11 is 11.7. The van der Waals surface area contributed by atoms with Crippen LogP contribution in [0.4, 0.5) is 35.0 Å². The fourth-order valence-electron chi connectivity index (χ4n) is 6.41. The van der Waals surface area contributed by atoms with Crippen LogP contribution in [0.15, 0.2) is 115 Å². The van der Waals surface area contributed by atoms with E-state index in [0.717, 1.165) is 4.90 Å². The maximum atomic E-state index is 15.0. The molecule has 1 saturated heterocycles. The molecule has 2 atom stereocenters. The fraction of sp³-hybridized carbons (Fsp3) is 0.158. The summed E-state index contributed by atoms with van der Waals surface area (Å²) in [4.78, 5) is 64.8. The summed E-state index contributed by atoms with van der Waals surface area (Å²) in [6, 6.07) is 19.7. The van der Waals surface area contributed by atoms with Gasteiger partial charge in [-0.25, -0.2) is 9.69 Å². The van der Waals surface area contributed by atoms with Crippen molar-refractivity contribution in [3.05, 3.63) is 142 Å². The Morgan fingerprint density at radius 1 is 0.741 bits per heavy atom. The van der Waals surface area contributed by atoms with E-state index >= 15 is 0 Å². The van der Waals surface area contributed by atoms with Gasteiger partial charge in [0.25, 0.3) is 17.7 Å². The van der Waals surface area contributed by atoms with Gasteiger partial charge in [0, 0.05) is 50.3 Å². The van der Waals surface area contributed by atoms with E-state index in [1.807, 2.05) is 0 Å². The number of hydrogen-bond donors (Lipinski definition) is 3. The molecule has 3 N–H and O–H groups in total. The van der Waals surface area contributed by atoms with Crippen LogP contribution in [0.1, 0.15) is 57.5 Å². The number of aromatic nitrogens is 2. The van der Waals surface area contributed by atoms with E-state index in [0.29, 0.717) is 32.3 Å². The minimum Gasteiger partial charge on any atom is -0.322 e. The molecule has 2 aromatic heterocycles. The van der Waals surface area contributed by atoms with Crippen molar-refractivity contribution < 1.29 is 32.3 Å².